The number of hydrogen-bond acceptors (Lipinski definition) is 6. The van der Waals surface area contributed by atoms with E-state index in [9.17, 15) is 21.6 Å². The number of nitrogens with zero attached hydrogens (tertiary/aromatic N) is 5. The van der Waals surface area contributed by atoms with Crippen molar-refractivity contribution < 1.29 is 21.6 Å². The Kier molecular flexibility index (Phi) is 4.88. The van der Waals surface area contributed by atoms with Crippen LogP contribution in [-0.4, -0.2) is 44.8 Å². The molecule has 1 N–H and O–H groups in total. The van der Waals surface area contributed by atoms with Crippen molar-refractivity contribution in [2.24, 2.45) is 0 Å². The second kappa shape index (κ2) is 7.30. The van der Waals surface area contributed by atoms with Crippen LogP contribution in [0.2, 0.25) is 0 Å². The predicted molar refractivity (Wildman–Crippen MR) is 105 cm³/mol. The summed E-state index contributed by atoms with van der Waals surface area (Å²) in [5.74, 6) is 0.0520. The second-order valence-corrected chi connectivity index (χ2v) is 8.85. The van der Waals surface area contributed by atoms with Gasteiger partial charge in [-0.1, -0.05) is 12.1 Å². The third kappa shape index (κ3) is 4.06. The molecule has 31 heavy (non-hydrogen) atoms. The van der Waals surface area contributed by atoms with Gasteiger partial charge in [-0.2, -0.15) is 33.7 Å². The molecule has 0 bridgehead atoms. The van der Waals surface area contributed by atoms with Gasteiger partial charge >= 0.3 is 6.18 Å². The van der Waals surface area contributed by atoms with Crippen LogP contribution in [0, 0.1) is 6.92 Å². The quantitative estimate of drug-likeness (QED) is 0.513. The summed E-state index contributed by atoms with van der Waals surface area (Å²) in [5.41, 5.74) is 1.69. The summed E-state index contributed by atoms with van der Waals surface area (Å²) in [4.78, 5) is 3.96. The van der Waals surface area contributed by atoms with E-state index < -0.39 is 21.7 Å². The van der Waals surface area contributed by atoms with Crippen molar-refractivity contribution in [3.05, 3.63) is 60.0 Å². The molecule has 0 spiro atoms. The third-order valence-corrected chi connectivity index (χ3v) is 5.68. The number of pyridine rings is 1. The van der Waals surface area contributed by atoms with E-state index in [0.29, 0.717) is 11.3 Å². The van der Waals surface area contributed by atoms with Crippen molar-refractivity contribution in [3.8, 4) is 28.3 Å². The lowest BCUT2D eigenvalue weighted by Crippen LogP contribution is -2.08. The van der Waals surface area contributed by atoms with Crippen molar-refractivity contribution in [3.63, 3.8) is 0 Å². The first kappa shape index (κ1) is 20.7. The maximum Gasteiger partial charge on any atom is 0.435 e. The Hall–Kier alpha value is -3.54. The molecule has 0 fully saturated rings. The van der Waals surface area contributed by atoms with Crippen LogP contribution in [0.25, 0.3) is 28.3 Å². The first-order valence-corrected chi connectivity index (χ1v) is 10.7. The lowest BCUT2D eigenvalue weighted by Gasteiger charge is -2.10. The lowest BCUT2D eigenvalue weighted by molar-refractivity contribution is -0.141. The molecule has 160 valence electrons. The summed E-state index contributed by atoms with van der Waals surface area (Å²) < 4.78 is 64.4. The average Bonchev–Trinajstić information content (AvgIpc) is 3.37. The van der Waals surface area contributed by atoms with Crippen LogP contribution >= 0.6 is 0 Å². The number of halogens is 3. The molecule has 0 saturated carbocycles. The zero-order valence-corrected chi connectivity index (χ0v) is 17.0. The number of aromatic amines is 1. The molecule has 0 radical (unpaired) electrons. The summed E-state index contributed by atoms with van der Waals surface area (Å²) in [5, 5.41) is 14.0. The molecule has 3 heterocycles. The maximum atomic E-state index is 13.4. The number of aryl methyl sites for hydroxylation is 1. The van der Waals surface area contributed by atoms with E-state index in [1.807, 2.05) is 0 Å². The minimum absolute atomic E-state index is 0.0474. The minimum atomic E-state index is -4.66. The van der Waals surface area contributed by atoms with Gasteiger partial charge in [-0.25, -0.2) is 18.1 Å². The van der Waals surface area contributed by atoms with Gasteiger partial charge in [-0.3, -0.25) is 0 Å². The van der Waals surface area contributed by atoms with E-state index in [4.69, 9.17) is 0 Å². The number of sulfone groups is 1. The highest BCUT2D eigenvalue weighted by Gasteiger charge is 2.35. The SMILES string of the molecule is Cc1cc(-c2cc(C(F)(F)F)nn2-c2ccc(S(C)(=O)=O)cn2)ccc1-c1cn[nH]n1. The van der Waals surface area contributed by atoms with E-state index in [0.717, 1.165) is 34.3 Å². The van der Waals surface area contributed by atoms with E-state index in [2.05, 4.69) is 25.5 Å². The fourth-order valence-corrected chi connectivity index (χ4v) is 3.62. The third-order valence-electron chi connectivity index (χ3n) is 4.58. The van der Waals surface area contributed by atoms with Crippen molar-refractivity contribution >= 4 is 9.84 Å². The molecule has 1 aromatic carbocycles. The highest BCUT2D eigenvalue weighted by molar-refractivity contribution is 7.90. The fourth-order valence-electron chi connectivity index (χ4n) is 3.06. The summed E-state index contributed by atoms with van der Waals surface area (Å²) in [7, 11) is -3.50. The molecule has 0 aliphatic rings. The van der Waals surface area contributed by atoms with Crippen LogP contribution in [0.1, 0.15) is 11.3 Å². The topological polar surface area (TPSA) is 106 Å². The van der Waals surface area contributed by atoms with Crippen LogP contribution in [0.15, 0.2) is 53.7 Å². The van der Waals surface area contributed by atoms with Gasteiger partial charge in [0, 0.05) is 23.6 Å². The smallest absolute Gasteiger partial charge is 0.236 e. The Morgan fingerprint density at radius 2 is 1.84 bits per heavy atom. The van der Waals surface area contributed by atoms with Crippen molar-refractivity contribution in [1.82, 2.24) is 30.2 Å². The molecule has 12 heteroatoms. The largest absolute Gasteiger partial charge is 0.435 e. The number of rotatable bonds is 4. The monoisotopic (exact) mass is 448 g/mol. The van der Waals surface area contributed by atoms with E-state index in [1.165, 1.54) is 12.1 Å². The number of hydrogen-bond donors (Lipinski definition) is 1. The first-order valence-electron chi connectivity index (χ1n) is 8.85. The van der Waals surface area contributed by atoms with Crippen molar-refractivity contribution in [2.45, 2.75) is 18.0 Å². The number of nitrogens with one attached hydrogen (secondary N) is 1. The Balaban J connectivity index is 1.84. The van der Waals surface area contributed by atoms with E-state index in [1.54, 1.807) is 31.3 Å². The molecule has 4 aromatic rings. The number of alkyl halides is 3. The molecular weight excluding hydrogens is 433 g/mol. The average molecular weight is 448 g/mol. The zero-order valence-electron chi connectivity index (χ0n) is 16.2. The molecule has 0 saturated heterocycles. The van der Waals surface area contributed by atoms with E-state index >= 15 is 0 Å². The standard InChI is InChI=1S/C19H15F3N6O2S/c1-11-7-12(3-5-14(11)15-10-24-27-25-15)16-8-17(19(20,21)22)26-28(16)18-6-4-13(9-23-18)31(2,29)30/h3-10H,1-2H3,(H,24,25,27). The van der Waals surface area contributed by atoms with Gasteiger partial charge in [0.2, 0.25) is 0 Å². The van der Waals surface area contributed by atoms with Crippen molar-refractivity contribution in [2.75, 3.05) is 6.26 Å². The molecule has 0 unspecified atom stereocenters. The van der Waals surface area contributed by atoms with Gasteiger partial charge in [0.25, 0.3) is 0 Å². The number of aromatic nitrogens is 6. The zero-order chi connectivity index (χ0) is 22.4. The second-order valence-electron chi connectivity index (χ2n) is 6.83. The molecule has 0 aliphatic heterocycles. The summed E-state index contributed by atoms with van der Waals surface area (Å²) in [6.07, 6.45) is -1.02. The van der Waals surface area contributed by atoms with Crippen LogP contribution in [0.5, 0.6) is 0 Å². The van der Waals surface area contributed by atoms with Gasteiger partial charge in [-0.15, -0.1) is 0 Å². The Bertz CT molecular complexity index is 1340. The molecule has 0 aliphatic carbocycles. The maximum absolute atomic E-state index is 13.4. The summed E-state index contributed by atoms with van der Waals surface area (Å²) in [6, 6.07) is 8.60. The molecule has 0 atom stereocenters. The Morgan fingerprint density at radius 3 is 2.39 bits per heavy atom. The van der Waals surface area contributed by atoms with Gasteiger partial charge < -0.3 is 0 Å². The highest BCUT2D eigenvalue weighted by Crippen LogP contribution is 2.34. The van der Waals surface area contributed by atoms with Crippen LogP contribution in [0.3, 0.4) is 0 Å². The number of benzene rings is 1. The minimum Gasteiger partial charge on any atom is -0.236 e. The molecule has 8 nitrogen and oxygen atoms in total. The van der Waals surface area contributed by atoms with Gasteiger partial charge in [-0.05, 0) is 36.8 Å². The van der Waals surface area contributed by atoms with Gasteiger partial charge in [0.15, 0.2) is 21.3 Å². The molecule has 4 rings (SSSR count). The fraction of sp³-hybridized carbons (Fsp3) is 0.158. The predicted octanol–water partition coefficient (Wildman–Crippen LogP) is 3.45. The summed E-state index contributed by atoms with van der Waals surface area (Å²) in [6.45, 7) is 1.80. The summed E-state index contributed by atoms with van der Waals surface area (Å²) >= 11 is 0. The lowest BCUT2D eigenvalue weighted by atomic mass is 10.0. The number of H-pyrrole nitrogens is 1. The van der Waals surface area contributed by atoms with Crippen molar-refractivity contribution in [1.29, 1.82) is 0 Å². The van der Waals surface area contributed by atoms with E-state index in [-0.39, 0.29) is 16.4 Å². The normalized spacial score (nSPS) is 12.3. The molecular formula is C19H15F3N6O2S. The molecule has 3 aromatic heterocycles. The Morgan fingerprint density at radius 1 is 1.06 bits per heavy atom. The molecule has 0 amide bonds. The van der Waals surface area contributed by atoms with Crippen LogP contribution in [0.4, 0.5) is 13.2 Å². The highest BCUT2D eigenvalue weighted by atomic mass is 32.2. The first-order chi connectivity index (χ1) is 14.5. The van der Waals surface area contributed by atoms with Crippen LogP contribution < -0.4 is 0 Å². The van der Waals surface area contributed by atoms with Crippen LogP contribution in [-0.2, 0) is 16.0 Å². The Labute approximate surface area is 174 Å². The van der Waals surface area contributed by atoms with Gasteiger partial charge in [0.1, 0.15) is 5.69 Å². The van der Waals surface area contributed by atoms with Gasteiger partial charge in [0.05, 0.1) is 16.8 Å².